The summed E-state index contributed by atoms with van der Waals surface area (Å²) in [7, 11) is 1.56. The molecule has 2 N–H and O–H groups in total. The molecule has 7 heteroatoms. The fraction of sp³-hybridized carbons (Fsp3) is 0.467. The van der Waals surface area contributed by atoms with Gasteiger partial charge in [0.25, 0.3) is 0 Å². The van der Waals surface area contributed by atoms with E-state index in [4.69, 9.17) is 10.5 Å². The van der Waals surface area contributed by atoms with E-state index >= 15 is 0 Å². The summed E-state index contributed by atoms with van der Waals surface area (Å²) in [5, 5.41) is 0. The van der Waals surface area contributed by atoms with E-state index in [-0.39, 0.29) is 6.04 Å². The number of aromatic nitrogens is 4. The van der Waals surface area contributed by atoms with Crippen LogP contribution in [-0.2, 0) is 6.54 Å². The van der Waals surface area contributed by atoms with Crippen LogP contribution < -0.4 is 10.5 Å². The third kappa shape index (κ3) is 3.30. The molecule has 0 spiro atoms. The highest BCUT2D eigenvalue weighted by atomic mass is 16.5. The first-order valence-electron chi connectivity index (χ1n) is 7.43. The summed E-state index contributed by atoms with van der Waals surface area (Å²) in [5.41, 5.74) is 7.77. The lowest BCUT2D eigenvalue weighted by Crippen LogP contribution is -2.33. The van der Waals surface area contributed by atoms with Crippen LogP contribution in [0.15, 0.2) is 24.7 Å². The predicted molar refractivity (Wildman–Crippen MR) is 82.0 cm³/mol. The maximum absolute atomic E-state index is 5.72. The zero-order chi connectivity index (χ0) is 15.4. The smallest absolute Gasteiger partial charge is 0.316 e. The number of methoxy groups -OCH3 is 1. The van der Waals surface area contributed by atoms with Gasteiger partial charge in [-0.2, -0.15) is 0 Å². The van der Waals surface area contributed by atoms with Gasteiger partial charge in [0, 0.05) is 30.7 Å². The number of hydrogen-bond donors (Lipinski definition) is 1. The lowest BCUT2D eigenvalue weighted by molar-refractivity contribution is 0.137. The number of anilines is 1. The fourth-order valence-corrected chi connectivity index (χ4v) is 2.85. The van der Waals surface area contributed by atoms with Gasteiger partial charge < -0.3 is 10.5 Å². The fourth-order valence-electron chi connectivity index (χ4n) is 2.85. The molecule has 1 aliphatic heterocycles. The Hall–Kier alpha value is -2.28. The molecule has 7 nitrogen and oxygen atoms in total. The molecule has 1 atom stereocenters. The van der Waals surface area contributed by atoms with Crippen molar-refractivity contribution in [2.24, 2.45) is 0 Å². The first-order valence-corrected chi connectivity index (χ1v) is 7.43. The van der Waals surface area contributed by atoms with Crippen LogP contribution >= 0.6 is 0 Å². The molecule has 116 valence electrons. The standard InChI is InChI=1S/C15H20N6O/c1-22-15-18-8-11(9-19-15)10-21-7-3-2-4-13(21)12-5-6-17-14(16)20-12/h5-6,8-9,13H,2-4,7,10H2,1H3,(H2,16,17,20)/t13-/m1/s1. The van der Waals surface area contributed by atoms with E-state index in [0.29, 0.717) is 12.0 Å². The number of nitrogens with zero attached hydrogens (tertiary/aromatic N) is 5. The van der Waals surface area contributed by atoms with Crippen molar-refractivity contribution in [3.63, 3.8) is 0 Å². The second-order valence-corrected chi connectivity index (χ2v) is 5.40. The largest absolute Gasteiger partial charge is 0.467 e. The molecule has 3 rings (SSSR count). The van der Waals surface area contributed by atoms with Crippen molar-refractivity contribution >= 4 is 5.95 Å². The molecule has 2 aromatic heterocycles. The first-order chi connectivity index (χ1) is 10.8. The third-order valence-electron chi connectivity index (χ3n) is 3.90. The highest BCUT2D eigenvalue weighted by molar-refractivity contribution is 5.20. The number of likely N-dealkylation sites (tertiary alicyclic amines) is 1. The average Bonchev–Trinajstić information content (AvgIpc) is 2.56. The van der Waals surface area contributed by atoms with E-state index in [2.05, 4.69) is 24.8 Å². The van der Waals surface area contributed by atoms with Crippen molar-refractivity contribution in [3.8, 4) is 6.01 Å². The molecule has 0 saturated carbocycles. The Bertz CT molecular complexity index is 618. The zero-order valence-corrected chi connectivity index (χ0v) is 12.6. The van der Waals surface area contributed by atoms with Gasteiger partial charge in [-0.3, -0.25) is 4.90 Å². The maximum atomic E-state index is 5.72. The van der Waals surface area contributed by atoms with Gasteiger partial charge in [-0.25, -0.2) is 19.9 Å². The second kappa shape index (κ2) is 6.65. The Kier molecular flexibility index (Phi) is 4.43. The molecule has 0 bridgehead atoms. The zero-order valence-electron chi connectivity index (χ0n) is 12.6. The molecular formula is C15H20N6O. The van der Waals surface area contributed by atoms with Crippen LogP contribution in [0, 0.1) is 0 Å². The van der Waals surface area contributed by atoms with Crippen molar-refractivity contribution < 1.29 is 4.74 Å². The predicted octanol–water partition coefficient (Wildman–Crippen LogP) is 1.58. The Morgan fingerprint density at radius 3 is 2.82 bits per heavy atom. The number of ether oxygens (including phenoxy) is 1. The molecule has 0 radical (unpaired) electrons. The number of rotatable bonds is 4. The summed E-state index contributed by atoms with van der Waals surface area (Å²) < 4.78 is 5.00. The number of nitrogens with two attached hydrogens (primary N) is 1. The SMILES string of the molecule is COc1ncc(CN2CCCC[C@@H]2c2ccnc(N)n2)cn1. The number of nitrogen functional groups attached to an aromatic ring is 1. The summed E-state index contributed by atoms with van der Waals surface area (Å²) in [5.74, 6) is 0.329. The molecular weight excluding hydrogens is 280 g/mol. The molecule has 2 aromatic rings. The van der Waals surface area contributed by atoms with Crippen LogP contribution in [0.2, 0.25) is 0 Å². The number of hydrogen-bond acceptors (Lipinski definition) is 7. The summed E-state index contributed by atoms with van der Waals surface area (Å²) in [6.45, 7) is 1.82. The van der Waals surface area contributed by atoms with Crippen LogP contribution in [-0.4, -0.2) is 38.5 Å². The van der Waals surface area contributed by atoms with Crippen LogP contribution in [0.1, 0.15) is 36.6 Å². The summed E-state index contributed by atoms with van der Waals surface area (Å²) in [4.78, 5) is 19.1. The minimum Gasteiger partial charge on any atom is -0.467 e. The Labute approximate surface area is 129 Å². The topological polar surface area (TPSA) is 90.0 Å². The molecule has 1 aliphatic rings. The first kappa shape index (κ1) is 14.6. The monoisotopic (exact) mass is 300 g/mol. The van der Waals surface area contributed by atoms with Gasteiger partial charge >= 0.3 is 6.01 Å². The van der Waals surface area contributed by atoms with E-state index in [9.17, 15) is 0 Å². The summed E-state index contributed by atoms with van der Waals surface area (Å²) in [6, 6.07) is 2.60. The van der Waals surface area contributed by atoms with Crippen molar-refractivity contribution in [2.75, 3.05) is 19.4 Å². The van der Waals surface area contributed by atoms with Gasteiger partial charge in [0.05, 0.1) is 18.8 Å². The normalized spacial score (nSPS) is 19.0. The van der Waals surface area contributed by atoms with Crippen molar-refractivity contribution in [1.29, 1.82) is 0 Å². The highest BCUT2D eigenvalue weighted by Crippen LogP contribution is 2.31. The molecule has 22 heavy (non-hydrogen) atoms. The quantitative estimate of drug-likeness (QED) is 0.916. The maximum Gasteiger partial charge on any atom is 0.316 e. The van der Waals surface area contributed by atoms with Gasteiger partial charge in [-0.1, -0.05) is 6.42 Å². The molecule has 3 heterocycles. The van der Waals surface area contributed by atoms with E-state index in [0.717, 1.165) is 30.8 Å². The van der Waals surface area contributed by atoms with Crippen LogP contribution in [0.4, 0.5) is 5.95 Å². The van der Waals surface area contributed by atoms with Crippen molar-refractivity contribution in [3.05, 3.63) is 35.9 Å². The van der Waals surface area contributed by atoms with Crippen LogP contribution in [0.25, 0.3) is 0 Å². The minimum atomic E-state index is 0.265. The van der Waals surface area contributed by atoms with Crippen molar-refractivity contribution in [1.82, 2.24) is 24.8 Å². The van der Waals surface area contributed by atoms with E-state index in [1.165, 1.54) is 12.8 Å². The summed E-state index contributed by atoms with van der Waals surface area (Å²) in [6.07, 6.45) is 8.81. The summed E-state index contributed by atoms with van der Waals surface area (Å²) >= 11 is 0. The van der Waals surface area contributed by atoms with Gasteiger partial charge in [-0.15, -0.1) is 0 Å². The lowest BCUT2D eigenvalue weighted by atomic mass is 9.98. The molecule has 1 saturated heterocycles. The Morgan fingerprint density at radius 1 is 1.27 bits per heavy atom. The van der Waals surface area contributed by atoms with Gasteiger partial charge in [0.15, 0.2) is 0 Å². The highest BCUT2D eigenvalue weighted by Gasteiger charge is 2.25. The van der Waals surface area contributed by atoms with E-state index < -0.39 is 0 Å². The van der Waals surface area contributed by atoms with Gasteiger partial charge in [0.2, 0.25) is 5.95 Å². The van der Waals surface area contributed by atoms with Gasteiger partial charge in [-0.05, 0) is 25.5 Å². The van der Waals surface area contributed by atoms with E-state index in [1.54, 1.807) is 13.3 Å². The average molecular weight is 300 g/mol. The molecule has 0 unspecified atom stereocenters. The van der Waals surface area contributed by atoms with Crippen molar-refractivity contribution in [2.45, 2.75) is 31.8 Å². The Balaban J connectivity index is 1.77. The number of piperidine rings is 1. The minimum absolute atomic E-state index is 0.265. The second-order valence-electron chi connectivity index (χ2n) is 5.40. The molecule has 0 aromatic carbocycles. The lowest BCUT2D eigenvalue weighted by Gasteiger charge is -2.35. The molecule has 1 fully saturated rings. The van der Waals surface area contributed by atoms with Crippen LogP contribution in [0.3, 0.4) is 0 Å². The molecule has 0 aliphatic carbocycles. The van der Waals surface area contributed by atoms with E-state index in [1.807, 2.05) is 18.5 Å². The third-order valence-corrected chi connectivity index (χ3v) is 3.90. The van der Waals surface area contributed by atoms with Gasteiger partial charge in [0.1, 0.15) is 0 Å². The van der Waals surface area contributed by atoms with Crippen LogP contribution in [0.5, 0.6) is 6.01 Å². The Morgan fingerprint density at radius 2 is 2.09 bits per heavy atom. The molecule has 0 amide bonds.